The number of aryl methyl sites for hydroxylation is 1. The van der Waals surface area contributed by atoms with Crippen molar-refractivity contribution in [3.05, 3.63) is 28.5 Å². The molecule has 0 aliphatic carbocycles. The maximum absolute atomic E-state index is 11.1. The van der Waals surface area contributed by atoms with Gasteiger partial charge in [-0.15, -0.1) is 0 Å². The molecule has 1 aromatic rings. The zero-order valence-corrected chi connectivity index (χ0v) is 9.71. The van der Waals surface area contributed by atoms with Gasteiger partial charge in [0.15, 0.2) is 5.82 Å². The summed E-state index contributed by atoms with van der Waals surface area (Å²) in [6, 6.07) is 0. The highest BCUT2D eigenvalue weighted by Gasteiger charge is 2.25. The van der Waals surface area contributed by atoms with Crippen molar-refractivity contribution in [3.8, 4) is 0 Å². The summed E-state index contributed by atoms with van der Waals surface area (Å²) >= 11 is 0. The summed E-state index contributed by atoms with van der Waals surface area (Å²) in [7, 11) is 0. The topological polar surface area (TPSA) is 111 Å². The van der Waals surface area contributed by atoms with Crippen LogP contribution in [0.25, 0.3) is 0 Å². The molecule has 7 nitrogen and oxygen atoms in total. The van der Waals surface area contributed by atoms with Crippen LogP contribution in [0.2, 0.25) is 0 Å². The van der Waals surface area contributed by atoms with Gasteiger partial charge >= 0.3 is 11.7 Å². The minimum atomic E-state index is -1.30. The summed E-state index contributed by atoms with van der Waals surface area (Å²) < 4.78 is 5.76. The summed E-state index contributed by atoms with van der Waals surface area (Å²) in [6.07, 6.45) is 3.45. The smallest absolute Gasteiger partial charge is 0.441 e. The first-order chi connectivity index (χ1) is 7.84. The van der Waals surface area contributed by atoms with Gasteiger partial charge < -0.3 is 10.8 Å². The van der Waals surface area contributed by atoms with Crippen LogP contribution >= 0.6 is 0 Å². The molecule has 0 fully saturated rings. The number of nitrogens with two attached hydrogens (primary N) is 1. The zero-order valence-electron chi connectivity index (χ0n) is 9.71. The fraction of sp³-hybridized carbons (Fsp3) is 0.500. The van der Waals surface area contributed by atoms with Gasteiger partial charge in [-0.25, -0.2) is 4.79 Å². The van der Waals surface area contributed by atoms with E-state index in [4.69, 9.17) is 10.8 Å². The predicted octanol–water partition coefficient (Wildman–Crippen LogP) is -0.107. The number of rotatable bonds is 5. The van der Waals surface area contributed by atoms with Crippen molar-refractivity contribution in [3.63, 3.8) is 0 Å². The highest BCUT2D eigenvalue weighted by Crippen LogP contribution is 2.06. The third-order valence-corrected chi connectivity index (χ3v) is 2.35. The number of carbonyl (C=O) groups is 1. The van der Waals surface area contributed by atoms with Gasteiger partial charge in [-0.05, 0) is 20.3 Å². The van der Waals surface area contributed by atoms with E-state index in [1.54, 1.807) is 19.1 Å². The number of carboxylic acids is 1. The van der Waals surface area contributed by atoms with E-state index in [1.807, 2.05) is 0 Å². The van der Waals surface area contributed by atoms with Crippen LogP contribution in [0.4, 0.5) is 0 Å². The molecule has 1 rings (SSSR count). The van der Waals surface area contributed by atoms with Crippen molar-refractivity contribution in [2.75, 3.05) is 0 Å². The Hall–Kier alpha value is -1.89. The van der Waals surface area contributed by atoms with Crippen molar-refractivity contribution in [1.82, 2.24) is 9.72 Å². The van der Waals surface area contributed by atoms with E-state index in [0.717, 1.165) is 0 Å². The van der Waals surface area contributed by atoms with Gasteiger partial charge in [0.1, 0.15) is 5.54 Å². The average Bonchev–Trinajstić information content (AvgIpc) is 2.54. The molecule has 0 radical (unpaired) electrons. The normalized spacial score (nSPS) is 15.0. The van der Waals surface area contributed by atoms with E-state index < -0.39 is 17.3 Å². The second-order valence-electron chi connectivity index (χ2n) is 4.00. The number of aliphatic carboxylic acids is 1. The largest absolute Gasteiger partial charge is 0.480 e. The highest BCUT2D eigenvalue weighted by atomic mass is 16.5. The monoisotopic (exact) mass is 241 g/mol. The van der Waals surface area contributed by atoms with Crippen LogP contribution < -0.4 is 11.5 Å². The standard InChI is InChI=1S/C10H15N3O4/c1-7-12-17-9(16)13(7)6-4-3-5-10(2,11)8(14)15/h3-4H,5-6,11H2,1-2H3,(H,14,15). The molecule has 17 heavy (non-hydrogen) atoms. The minimum absolute atomic E-state index is 0.182. The Morgan fingerprint density at radius 2 is 2.29 bits per heavy atom. The maximum atomic E-state index is 11.1. The Morgan fingerprint density at radius 3 is 2.76 bits per heavy atom. The number of carboxylic acid groups (broad SMARTS) is 1. The molecular weight excluding hydrogens is 226 g/mol. The third kappa shape index (κ3) is 3.28. The molecule has 0 bridgehead atoms. The van der Waals surface area contributed by atoms with Gasteiger partial charge in [-0.3, -0.25) is 13.9 Å². The van der Waals surface area contributed by atoms with Crippen LogP contribution in [-0.4, -0.2) is 26.3 Å². The Balaban J connectivity index is 2.58. The van der Waals surface area contributed by atoms with E-state index in [1.165, 1.54) is 11.5 Å². The molecule has 1 aromatic heterocycles. The summed E-state index contributed by atoms with van der Waals surface area (Å²) in [5, 5.41) is 12.3. The van der Waals surface area contributed by atoms with Crippen molar-refractivity contribution >= 4 is 5.97 Å². The van der Waals surface area contributed by atoms with Gasteiger partial charge in [0.2, 0.25) is 0 Å². The molecule has 3 N–H and O–H groups in total. The number of aromatic nitrogens is 2. The number of nitrogens with zero attached hydrogens (tertiary/aromatic N) is 2. The lowest BCUT2D eigenvalue weighted by molar-refractivity contribution is -0.142. The average molecular weight is 241 g/mol. The van der Waals surface area contributed by atoms with E-state index in [0.29, 0.717) is 5.82 Å². The van der Waals surface area contributed by atoms with Crippen LogP contribution in [0.15, 0.2) is 21.5 Å². The predicted molar refractivity (Wildman–Crippen MR) is 59.5 cm³/mol. The van der Waals surface area contributed by atoms with Gasteiger partial charge in [0.25, 0.3) is 0 Å². The molecule has 0 aliphatic heterocycles. The fourth-order valence-corrected chi connectivity index (χ4v) is 1.14. The summed E-state index contributed by atoms with van der Waals surface area (Å²) in [4.78, 5) is 21.8. The number of allylic oxidation sites excluding steroid dienone is 1. The molecular formula is C10H15N3O4. The quantitative estimate of drug-likeness (QED) is 0.696. The lowest BCUT2D eigenvalue weighted by Crippen LogP contribution is -2.44. The highest BCUT2D eigenvalue weighted by molar-refractivity contribution is 5.78. The van der Waals surface area contributed by atoms with Crippen molar-refractivity contribution in [2.45, 2.75) is 32.4 Å². The summed E-state index contributed by atoms with van der Waals surface area (Å²) in [5.41, 5.74) is 4.23. The van der Waals surface area contributed by atoms with Gasteiger partial charge in [-0.2, -0.15) is 0 Å². The summed E-state index contributed by atoms with van der Waals surface area (Å²) in [5.74, 6) is -1.14. The first-order valence-electron chi connectivity index (χ1n) is 5.05. The molecule has 0 spiro atoms. The molecule has 1 atom stereocenters. The van der Waals surface area contributed by atoms with Crippen molar-refractivity contribution < 1.29 is 14.4 Å². The van der Waals surface area contributed by atoms with Crippen LogP contribution in [0.3, 0.4) is 0 Å². The molecule has 1 heterocycles. The Bertz CT molecular complexity index is 484. The van der Waals surface area contributed by atoms with Crippen molar-refractivity contribution in [2.24, 2.45) is 5.73 Å². The van der Waals surface area contributed by atoms with E-state index in [9.17, 15) is 9.59 Å². The molecule has 0 amide bonds. The second kappa shape index (κ2) is 4.96. The van der Waals surface area contributed by atoms with Crippen LogP contribution in [0, 0.1) is 6.92 Å². The molecule has 0 aliphatic rings. The fourth-order valence-electron chi connectivity index (χ4n) is 1.14. The minimum Gasteiger partial charge on any atom is -0.480 e. The molecule has 7 heteroatoms. The molecule has 1 unspecified atom stereocenters. The lowest BCUT2D eigenvalue weighted by Gasteiger charge is -2.16. The Kier molecular flexibility index (Phi) is 3.84. The zero-order chi connectivity index (χ0) is 13.1. The van der Waals surface area contributed by atoms with Crippen molar-refractivity contribution in [1.29, 1.82) is 0 Å². The summed E-state index contributed by atoms with van der Waals surface area (Å²) in [6.45, 7) is 3.35. The van der Waals surface area contributed by atoms with E-state index >= 15 is 0 Å². The van der Waals surface area contributed by atoms with Crippen LogP contribution in [0.5, 0.6) is 0 Å². The van der Waals surface area contributed by atoms with E-state index in [-0.39, 0.29) is 13.0 Å². The van der Waals surface area contributed by atoms with Gasteiger partial charge in [0, 0.05) is 6.54 Å². The van der Waals surface area contributed by atoms with E-state index in [2.05, 4.69) is 9.68 Å². The van der Waals surface area contributed by atoms with Gasteiger partial charge in [0.05, 0.1) is 0 Å². The number of hydrogen-bond donors (Lipinski definition) is 2. The molecule has 94 valence electrons. The first-order valence-corrected chi connectivity index (χ1v) is 5.05. The molecule has 0 aromatic carbocycles. The van der Waals surface area contributed by atoms with Gasteiger partial charge in [-0.1, -0.05) is 17.3 Å². The van der Waals surface area contributed by atoms with Crippen LogP contribution in [0.1, 0.15) is 19.2 Å². The third-order valence-electron chi connectivity index (χ3n) is 2.35. The second-order valence-corrected chi connectivity index (χ2v) is 4.00. The number of hydrogen-bond acceptors (Lipinski definition) is 5. The van der Waals surface area contributed by atoms with Crippen LogP contribution in [-0.2, 0) is 11.3 Å². The molecule has 0 saturated heterocycles. The Labute approximate surface area is 97.5 Å². The SMILES string of the molecule is Cc1noc(=O)n1CC=CCC(C)(N)C(=O)O. The first kappa shape index (κ1) is 13.2. The lowest BCUT2D eigenvalue weighted by atomic mass is 10.00. The maximum Gasteiger partial charge on any atom is 0.441 e. The Morgan fingerprint density at radius 1 is 1.65 bits per heavy atom. The molecule has 0 saturated carbocycles.